The second-order valence-corrected chi connectivity index (χ2v) is 13.7. The average Bonchev–Trinajstić information content (AvgIpc) is 2.90. The summed E-state index contributed by atoms with van der Waals surface area (Å²) in [6, 6.07) is 13.6. The quantitative estimate of drug-likeness (QED) is 0.273. The molecule has 2 aromatic carbocycles. The zero-order valence-electron chi connectivity index (χ0n) is 24.3. The van der Waals surface area contributed by atoms with Crippen LogP contribution in [-0.2, 0) is 6.42 Å². The molecule has 0 spiro atoms. The summed E-state index contributed by atoms with van der Waals surface area (Å²) in [4.78, 5) is 20.5. The lowest BCUT2D eigenvalue weighted by Gasteiger charge is -2.61. The van der Waals surface area contributed by atoms with Crippen molar-refractivity contribution in [1.82, 2.24) is 15.5 Å². The average molecular weight is 613 g/mol. The summed E-state index contributed by atoms with van der Waals surface area (Å²) in [5, 5.41) is 10.2. The standard InChI is InChI=1S/C32H43BrFN5O/c1-19-17-39(18-20(2)36-19)31(38-29-15-24-14-27(21(29)3)32(24,4)5)37-26-10-7-23(8-11-26)30(40)35-13-12-22-6-9-25(33)16-28(22)34/h6-11,16,19-21,24,27,29,36H,12-15,17-18H2,1-5H3,(H,35,40)(H,37,38)/t19-,20+,21-,24+,27-,29-/m0/s1. The maximum Gasteiger partial charge on any atom is 0.251 e. The van der Waals surface area contributed by atoms with Crippen molar-refractivity contribution in [2.75, 3.05) is 25.0 Å². The zero-order valence-corrected chi connectivity index (χ0v) is 25.9. The Kier molecular flexibility index (Phi) is 8.58. The molecule has 4 fully saturated rings. The third kappa shape index (κ3) is 6.23. The second-order valence-electron chi connectivity index (χ2n) is 12.8. The van der Waals surface area contributed by atoms with Crippen LogP contribution in [0.15, 0.2) is 51.9 Å². The van der Waals surface area contributed by atoms with Gasteiger partial charge >= 0.3 is 0 Å². The van der Waals surface area contributed by atoms with Gasteiger partial charge in [-0.1, -0.05) is 42.8 Å². The molecule has 216 valence electrons. The molecule has 1 aliphatic heterocycles. The highest BCUT2D eigenvalue weighted by Gasteiger charge is 2.56. The molecule has 6 rings (SSSR count). The SMILES string of the molecule is C[C@@H]1[C@@H](/N=C(/Nc2ccc(C(=O)NCCc3ccc(Br)cc3F)cc2)N2C[C@@H](C)N[C@@H](C)C2)C[C@H]2C[C@@H]1C2(C)C. The van der Waals surface area contributed by atoms with Gasteiger partial charge in [-0.3, -0.25) is 4.79 Å². The number of aliphatic imine (C=N–C) groups is 1. The van der Waals surface area contributed by atoms with Crippen LogP contribution in [0.5, 0.6) is 0 Å². The van der Waals surface area contributed by atoms with Crippen molar-refractivity contribution >= 4 is 33.5 Å². The Morgan fingerprint density at radius 1 is 1.10 bits per heavy atom. The first-order chi connectivity index (χ1) is 19.0. The van der Waals surface area contributed by atoms with Crippen molar-refractivity contribution in [1.29, 1.82) is 0 Å². The number of anilines is 1. The van der Waals surface area contributed by atoms with Crippen LogP contribution < -0.4 is 16.0 Å². The minimum atomic E-state index is -0.270. The second kappa shape index (κ2) is 11.8. The number of piperazine rings is 1. The number of benzene rings is 2. The van der Waals surface area contributed by atoms with Crippen LogP contribution in [0.2, 0.25) is 0 Å². The summed E-state index contributed by atoms with van der Waals surface area (Å²) in [6.45, 7) is 13.8. The van der Waals surface area contributed by atoms with E-state index in [1.807, 2.05) is 30.3 Å². The molecular weight excluding hydrogens is 569 g/mol. The third-order valence-corrected chi connectivity index (χ3v) is 10.1. The van der Waals surface area contributed by atoms with Gasteiger partial charge in [0.25, 0.3) is 5.91 Å². The van der Waals surface area contributed by atoms with E-state index >= 15 is 0 Å². The Hall–Kier alpha value is -2.45. The van der Waals surface area contributed by atoms with Crippen molar-refractivity contribution in [3.63, 3.8) is 0 Å². The van der Waals surface area contributed by atoms with E-state index in [1.165, 1.54) is 12.5 Å². The maximum absolute atomic E-state index is 14.1. The smallest absolute Gasteiger partial charge is 0.251 e. The number of amides is 1. The fourth-order valence-electron chi connectivity index (χ4n) is 7.11. The van der Waals surface area contributed by atoms with Gasteiger partial charge in [0.1, 0.15) is 5.82 Å². The Balaban J connectivity index is 1.25. The molecule has 40 heavy (non-hydrogen) atoms. The van der Waals surface area contributed by atoms with E-state index in [2.05, 4.69) is 71.4 Å². The number of guanidine groups is 1. The molecule has 3 saturated carbocycles. The minimum Gasteiger partial charge on any atom is -0.352 e. The van der Waals surface area contributed by atoms with E-state index < -0.39 is 0 Å². The first kappa shape index (κ1) is 29.1. The van der Waals surface area contributed by atoms with Crippen molar-refractivity contribution in [3.05, 3.63) is 63.9 Å². The molecule has 3 N–H and O–H groups in total. The maximum atomic E-state index is 14.1. The lowest BCUT2D eigenvalue weighted by atomic mass is 9.45. The topological polar surface area (TPSA) is 68.8 Å². The molecule has 8 heteroatoms. The Bertz CT molecular complexity index is 1240. The fourth-order valence-corrected chi connectivity index (χ4v) is 7.45. The number of rotatable bonds is 6. The highest BCUT2D eigenvalue weighted by atomic mass is 79.9. The van der Waals surface area contributed by atoms with Gasteiger partial charge in [-0.25, -0.2) is 9.38 Å². The fraction of sp³-hybridized carbons (Fsp3) is 0.562. The van der Waals surface area contributed by atoms with Crippen molar-refractivity contribution in [3.8, 4) is 0 Å². The number of hydrogen-bond donors (Lipinski definition) is 3. The predicted octanol–water partition coefficient (Wildman–Crippen LogP) is 6.08. The predicted molar refractivity (Wildman–Crippen MR) is 164 cm³/mol. The van der Waals surface area contributed by atoms with Crippen LogP contribution in [0.3, 0.4) is 0 Å². The number of halogens is 2. The lowest BCUT2D eigenvalue weighted by Crippen LogP contribution is -2.59. The third-order valence-electron chi connectivity index (χ3n) is 9.56. The number of nitrogens with one attached hydrogen (secondary N) is 3. The van der Waals surface area contributed by atoms with Gasteiger partial charge in [0.15, 0.2) is 5.96 Å². The first-order valence-corrected chi connectivity index (χ1v) is 15.5. The molecule has 2 aromatic rings. The summed E-state index contributed by atoms with van der Waals surface area (Å²) >= 11 is 3.27. The first-order valence-electron chi connectivity index (χ1n) is 14.7. The van der Waals surface area contributed by atoms with Gasteiger partial charge in [0, 0.05) is 47.4 Å². The normalized spacial score (nSPS) is 29.5. The number of carbonyl (C=O) groups excluding carboxylic acids is 1. The van der Waals surface area contributed by atoms with E-state index in [-0.39, 0.29) is 11.7 Å². The largest absolute Gasteiger partial charge is 0.352 e. The molecule has 4 aliphatic rings. The highest BCUT2D eigenvalue weighted by Crippen LogP contribution is 2.61. The zero-order chi connectivity index (χ0) is 28.6. The van der Waals surface area contributed by atoms with Gasteiger partial charge < -0.3 is 20.9 Å². The van der Waals surface area contributed by atoms with Crippen molar-refractivity contribution in [2.24, 2.45) is 28.2 Å². The number of fused-ring (bicyclic) bond motifs is 2. The van der Waals surface area contributed by atoms with E-state index in [1.54, 1.807) is 6.07 Å². The Labute approximate surface area is 246 Å². The molecule has 3 aliphatic carbocycles. The van der Waals surface area contributed by atoms with Crippen molar-refractivity contribution in [2.45, 2.75) is 72.0 Å². The Morgan fingerprint density at radius 3 is 2.42 bits per heavy atom. The lowest BCUT2D eigenvalue weighted by molar-refractivity contribution is -0.108. The van der Waals surface area contributed by atoms with Crippen LogP contribution in [-0.4, -0.2) is 54.5 Å². The summed E-state index contributed by atoms with van der Waals surface area (Å²) in [7, 11) is 0. The highest BCUT2D eigenvalue weighted by molar-refractivity contribution is 9.10. The summed E-state index contributed by atoms with van der Waals surface area (Å²) in [5.41, 5.74) is 2.51. The van der Waals surface area contributed by atoms with E-state index in [4.69, 9.17) is 4.99 Å². The minimum absolute atomic E-state index is 0.166. The molecule has 1 saturated heterocycles. The van der Waals surface area contributed by atoms with E-state index in [9.17, 15) is 9.18 Å². The number of hydrogen-bond acceptors (Lipinski definition) is 3. The molecule has 0 radical (unpaired) electrons. The van der Waals surface area contributed by atoms with E-state index in [0.717, 1.165) is 43.0 Å². The molecule has 1 heterocycles. The van der Waals surface area contributed by atoms with E-state index in [0.29, 0.717) is 58.0 Å². The monoisotopic (exact) mass is 611 g/mol. The molecular formula is C32H43BrFN5O. The molecule has 1 amide bonds. The van der Waals surface area contributed by atoms with Crippen LogP contribution in [0, 0.1) is 29.0 Å². The molecule has 0 aromatic heterocycles. The summed E-state index contributed by atoms with van der Waals surface area (Å²) < 4.78 is 14.8. The molecule has 6 atom stereocenters. The van der Waals surface area contributed by atoms with Gasteiger partial charge in [-0.15, -0.1) is 0 Å². The van der Waals surface area contributed by atoms with Gasteiger partial charge in [-0.05, 0) is 98.2 Å². The van der Waals surface area contributed by atoms with Gasteiger partial charge in [0.05, 0.1) is 6.04 Å². The Morgan fingerprint density at radius 2 is 1.80 bits per heavy atom. The van der Waals surface area contributed by atoms with Crippen molar-refractivity contribution < 1.29 is 9.18 Å². The van der Waals surface area contributed by atoms with Gasteiger partial charge in [0.2, 0.25) is 0 Å². The number of nitrogens with zero attached hydrogens (tertiary/aromatic N) is 2. The molecule has 2 bridgehead atoms. The summed E-state index contributed by atoms with van der Waals surface area (Å²) in [6.07, 6.45) is 2.92. The molecule has 0 unspecified atom stereocenters. The number of carbonyl (C=O) groups is 1. The van der Waals surface area contributed by atoms with Crippen LogP contribution >= 0.6 is 15.9 Å². The molecule has 6 nitrogen and oxygen atoms in total. The summed E-state index contributed by atoms with van der Waals surface area (Å²) in [5.74, 6) is 2.55. The van der Waals surface area contributed by atoms with Crippen LogP contribution in [0.4, 0.5) is 10.1 Å². The van der Waals surface area contributed by atoms with Gasteiger partial charge in [-0.2, -0.15) is 0 Å². The van der Waals surface area contributed by atoms with Crippen LogP contribution in [0.1, 0.15) is 63.4 Å². The van der Waals surface area contributed by atoms with Crippen LogP contribution in [0.25, 0.3) is 0 Å².